The molecule has 2 aromatic heterocycles. The lowest BCUT2D eigenvalue weighted by molar-refractivity contribution is -0.115. The highest BCUT2D eigenvalue weighted by Crippen LogP contribution is 2.26. The third-order valence-corrected chi connectivity index (χ3v) is 6.61. The van der Waals surface area contributed by atoms with Crippen LogP contribution >= 0.6 is 23.1 Å². The van der Waals surface area contributed by atoms with Gasteiger partial charge in [-0.15, -0.1) is 28.1 Å². The van der Waals surface area contributed by atoms with Crippen LogP contribution in [0.5, 0.6) is 5.75 Å². The molecule has 0 unspecified atom stereocenters. The molecule has 2 heterocycles. The zero-order valence-corrected chi connectivity index (χ0v) is 19.1. The second-order valence-electron chi connectivity index (χ2n) is 6.73. The maximum atomic E-state index is 12.6. The number of thioether (sulfide) groups is 1. The van der Waals surface area contributed by atoms with Crippen molar-refractivity contribution in [3.05, 3.63) is 58.9 Å². The summed E-state index contributed by atoms with van der Waals surface area (Å²) in [6.45, 7) is 10.2. The number of aryl methyl sites for hydroxylation is 2. The SMILES string of the molecule is C=CCn1c(Cc2ccc(OC)cc2)nnc1S[C@@H](C)C(=O)Nc1nc(C)c(C)s1. The van der Waals surface area contributed by atoms with E-state index in [1.54, 1.807) is 13.2 Å². The molecule has 0 spiro atoms. The Labute approximate surface area is 184 Å². The maximum absolute atomic E-state index is 12.6. The second-order valence-corrected chi connectivity index (χ2v) is 9.24. The van der Waals surface area contributed by atoms with Gasteiger partial charge in [0.25, 0.3) is 0 Å². The Morgan fingerprint density at radius 3 is 2.67 bits per heavy atom. The van der Waals surface area contributed by atoms with Gasteiger partial charge in [-0.05, 0) is 38.5 Å². The van der Waals surface area contributed by atoms with E-state index in [9.17, 15) is 4.79 Å². The molecule has 0 aliphatic rings. The minimum Gasteiger partial charge on any atom is -0.497 e. The molecule has 0 aliphatic carbocycles. The van der Waals surface area contributed by atoms with Gasteiger partial charge in [0.15, 0.2) is 10.3 Å². The van der Waals surface area contributed by atoms with Gasteiger partial charge >= 0.3 is 0 Å². The summed E-state index contributed by atoms with van der Waals surface area (Å²) in [5.74, 6) is 1.52. The molecule has 3 rings (SSSR count). The fourth-order valence-electron chi connectivity index (χ4n) is 2.72. The van der Waals surface area contributed by atoms with Crippen LogP contribution in [0.15, 0.2) is 42.1 Å². The highest BCUT2D eigenvalue weighted by Gasteiger charge is 2.21. The van der Waals surface area contributed by atoms with Crippen LogP contribution in [0.25, 0.3) is 0 Å². The molecule has 0 saturated heterocycles. The van der Waals surface area contributed by atoms with E-state index in [0.29, 0.717) is 23.3 Å². The summed E-state index contributed by atoms with van der Waals surface area (Å²) in [6, 6.07) is 7.86. The number of benzene rings is 1. The predicted octanol–water partition coefficient (Wildman–Crippen LogP) is 4.26. The summed E-state index contributed by atoms with van der Waals surface area (Å²) < 4.78 is 7.20. The topological polar surface area (TPSA) is 81.9 Å². The van der Waals surface area contributed by atoms with Crippen LogP contribution in [0.3, 0.4) is 0 Å². The summed E-state index contributed by atoms with van der Waals surface area (Å²) in [5, 5.41) is 12.5. The minimum atomic E-state index is -0.351. The Hall–Kier alpha value is -2.65. The molecular formula is C21H25N5O2S2. The first-order chi connectivity index (χ1) is 14.4. The second kappa shape index (κ2) is 9.90. The highest BCUT2D eigenvalue weighted by molar-refractivity contribution is 8.00. The van der Waals surface area contributed by atoms with Crippen LogP contribution in [0, 0.1) is 13.8 Å². The number of rotatable bonds is 9. The molecular weight excluding hydrogens is 418 g/mol. The number of ether oxygens (including phenoxy) is 1. The molecule has 7 nitrogen and oxygen atoms in total. The van der Waals surface area contributed by atoms with Crippen molar-refractivity contribution >= 4 is 34.1 Å². The number of thiazole rings is 1. The Kier molecular flexibility index (Phi) is 7.28. The molecule has 0 saturated carbocycles. The molecule has 1 N–H and O–H groups in total. The van der Waals surface area contributed by atoms with Crippen molar-refractivity contribution in [2.45, 2.75) is 44.1 Å². The molecule has 1 aromatic carbocycles. The number of allylic oxidation sites excluding steroid dienone is 1. The van der Waals surface area contributed by atoms with Crippen molar-refractivity contribution in [3.63, 3.8) is 0 Å². The third-order valence-electron chi connectivity index (χ3n) is 4.54. The van der Waals surface area contributed by atoms with Gasteiger partial charge in [0.05, 0.1) is 18.1 Å². The van der Waals surface area contributed by atoms with E-state index in [0.717, 1.165) is 27.7 Å². The Morgan fingerprint density at radius 1 is 1.33 bits per heavy atom. The lowest BCUT2D eigenvalue weighted by atomic mass is 10.1. The summed E-state index contributed by atoms with van der Waals surface area (Å²) in [5.41, 5.74) is 2.04. The summed E-state index contributed by atoms with van der Waals surface area (Å²) >= 11 is 2.85. The monoisotopic (exact) mass is 443 g/mol. The maximum Gasteiger partial charge on any atom is 0.239 e. The molecule has 0 fully saturated rings. The number of nitrogens with zero attached hydrogens (tertiary/aromatic N) is 4. The normalized spacial score (nSPS) is 11.9. The molecule has 158 valence electrons. The fraction of sp³-hybridized carbons (Fsp3) is 0.333. The number of aromatic nitrogens is 4. The first-order valence-electron chi connectivity index (χ1n) is 9.48. The van der Waals surface area contributed by atoms with Crippen molar-refractivity contribution in [2.75, 3.05) is 12.4 Å². The van der Waals surface area contributed by atoms with Crippen molar-refractivity contribution in [1.82, 2.24) is 19.7 Å². The van der Waals surface area contributed by atoms with E-state index in [4.69, 9.17) is 4.74 Å². The Balaban J connectivity index is 1.71. The van der Waals surface area contributed by atoms with Crippen molar-refractivity contribution < 1.29 is 9.53 Å². The standard InChI is InChI=1S/C21H25N5O2S2/c1-6-11-26-18(12-16-7-9-17(28-5)10-8-16)24-25-21(26)30-15(4)19(27)23-20-22-13(2)14(3)29-20/h6-10,15H,1,11-12H2,2-5H3,(H,22,23,27)/t15-/m0/s1. The fourth-order valence-corrected chi connectivity index (χ4v) is 4.42. The largest absolute Gasteiger partial charge is 0.497 e. The summed E-state index contributed by atoms with van der Waals surface area (Å²) in [4.78, 5) is 18.1. The van der Waals surface area contributed by atoms with Gasteiger partial charge in [0, 0.05) is 17.8 Å². The van der Waals surface area contributed by atoms with E-state index >= 15 is 0 Å². The van der Waals surface area contributed by atoms with Gasteiger partial charge in [-0.25, -0.2) is 4.98 Å². The number of carbonyl (C=O) groups is 1. The number of methoxy groups -OCH3 is 1. The first kappa shape index (κ1) is 22.0. The molecule has 0 radical (unpaired) electrons. The predicted molar refractivity (Wildman–Crippen MR) is 122 cm³/mol. The van der Waals surface area contributed by atoms with Gasteiger partial charge in [0.1, 0.15) is 11.6 Å². The Morgan fingerprint density at radius 2 is 2.07 bits per heavy atom. The molecule has 1 atom stereocenters. The van der Waals surface area contributed by atoms with E-state index in [2.05, 4.69) is 27.1 Å². The number of nitrogens with one attached hydrogen (secondary N) is 1. The van der Waals surface area contributed by atoms with Gasteiger partial charge in [0.2, 0.25) is 5.91 Å². The highest BCUT2D eigenvalue weighted by atomic mass is 32.2. The van der Waals surface area contributed by atoms with Gasteiger partial charge in [-0.2, -0.15) is 0 Å². The van der Waals surface area contributed by atoms with Crippen LogP contribution in [0.2, 0.25) is 0 Å². The number of anilines is 1. The minimum absolute atomic E-state index is 0.112. The molecule has 0 bridgehead atoms. The lowest BCUT2D eigenvalue weighted by Gasteiger charge is -2.12. The molecule has 1 amide bonds. The van der Waals surface area contributed by atoms with Crippen LogP contribution in [-0.4, -0.2) is 38.0 Å². The summed E-state index contributed by atoms with van der Waals surface area (Å²) in [6.07, 6.45) is 2.43. The average molecular weight is 444 g/mol. The molecule has 3 aromatic rings. The van der Waals surface area contributed by atoms with Crippen molar-refractivity contribution in [2.24, 2.45) is 0 Å². The molecule has 9 heteroatoms. The van der Waals surface area contributed by atoms with E-state index < -0.39 is 0 Å². The van der Waals surface area contributed by atoms with Crippen LogP contribution in [-0.2, 0) is 17.8 Å². The zero-order chi connectivity index (χ0) is 21.7. The molecule has 30 heavy (non-hydrogen) atoms. The number of hydrogen-bond acceptors (Lipinski definition) is 7. The van der Waals surface area contributed by atoms with Crippen LogP contribution in [0.4, 0.5) is 5.13 Å². The van der Waals surface area contributed by atoms with E-state index in [1.165, 1.54) is 23.1 Å². The average Bonchev–Trinajstić information content (AvgIpc) is 3.25. The third kappa shape index (κ3) is 5.28. The zero-order valence-electron chi connectivity index (χ0n) is 17.5. The van der Waals surface area contributed by atoms with Crippen LogP contribution < -0.4 is 10.1 Å². The van der Waals surface area contributed by atoms with E-state index in [-0.39, 0.29) is 11.2 Å². The smallest absolute Gasteiger partial charge is 0.239 e. The van der Waals surface area contributed by atoms with Gasteiger partial charge in [-0.1, -0.05) is 30.0 Å². The number of carbonyl (C=O) groups excluding carboxylic acids is 1. The summed E-state index contributed by atoms with van der Waals surface area (Å²) in [7, 11) is 1.65. The number of hydrogen-bond donors (Lipinski definition) is 1. The van der Waals surface area contributed by atoms with Crippen molar-refractivity contribution in [1.29, 1.82) is 0 Å². The van der Waals surface area contributed by atoms with Gasteiger partial charge in [-0.3, -0.25) is 4.79 Å². The van der Waals surface area contributed by atoms with Crippen LogP contribution in [0.1, 0.15) is 28.9 Å². The van der Waals surface area contributed by atoms with Gasteiger partial charge < -0.3 is 14.6 Å². The first-order valence-corrected chi connectivity index (χ1v) is 11.2. The Bertz CT molecular complexity index is 1010. The molecule has 0 aliphatic heterocycles. The lowest BCUT2D eigenvalue weighted by Crippen LogP contribution is -2.23. The number of amides is 1. The van der Waals surface area contributed by atoms with Crippen molar-refractivity contribution in [3.8, 4) is 5.75 Å². The quantitative estimate of drug-likeness (QED) is 0.393. The van der Waals surface area contributed by atoms with E-state index in [1.807, 2.05) is 49.6 Å².